The van der Waals surface area contributed by atoms with Gasteiger partial charge in [0.1, 0.15) is 11.4 Å². The second kappa shape index (κ2) is 11.1. The molecule has 1 aliphatic rings. The summed E-state index contributed by atoms with van der Waals surface area (Å²) in [7, 11) is 0. The number of piperidine rings is 1. The van der Waals surface area contributed by atoms with Crippen molar-refractivity contribution in [2.75, 3.05) is 19.7 Å². The monoisotopic (exact) mass is 399 g/mol. The van der Waals surface area contributed by atoms with E-state index in [1.54, 1.807) is 12.1 Å². The summed E-state index contributed by atoms with van der Waals surface area (Å²) in [6.07, 6.45) is 8.67. The van der Waals surface area contributed by atoms with Crippen molar-refractivity contribution in [2.24, 2.45) is 5.92 Å². The molecule has 0 aromatic carbocycles. The van der Waals surface area contributed by atoms with Gasteiger partial charge in [0.05, 0.1) is 12.3 Å². The second-order valence-electron chi connectivity index (χ2n) is 8.35. The van der Waals surface area contributed by atoms with Crippen LogP contribution in [0, 0.1) is 5.92 Å². The molecular weight excluding hydrogens is 362 g/mol. The summed E-state index contributed by atoms with van der Waals surface area (Å²) >= 11 is 0. The zero-order valence-corrected chi connectivity index (χ0v) is 18.7. The molecule has 1 amide bonds. The Kier molecular flexibility index (Phi) is 8.90. The highest BCUT2D eigenvalue weighted by Crippen LogP contribution is 2.27. The van der Waals surface area contributed by atoms with Crippen LogP contribution in [-0.2, 0) is 0 Å². The Hall–Kier alpha value is -2.14. The Morgan fingerprint density at radius 1 is 1.41 bits per heavy atom. The van der Waals surface area contributed by atoms with E-state index >= 15 is 0 Å². The van der Waals surface area contributed by atoms with Crippen LogP contribution in [0.1, 0.15) is 75.6 Å². The Labute approximate surface area is 176 Å². The third-order valence-corrected chi connectivity index (χ3v) is 5.20. The van der Waals surface area contributed by atoms with Gasteiger partial charge in [-0.1, -0.05) is 32.6 Å². The van der Waals surface area contributed by atoms with Gasteiger partial charge in [-0.3, -0.25) is 4.79 Å². The minimum Gasteiger partial charge on any atom is -0.493 e. The molecule has 2 rings (SSSR count). The van der Waals surface area contributed by atoms with Gasteiger partial charge in [-0.25, -0.2) is 4.98 Å². The topological polar surface area (TPSA) is 54.5 Å². The molecule has 1 aromatic heterocycles. The van der Waals surface area contributed by atoms with Crippen molar-refractivity contribution in [3.63, 3.8) is 0 Å². The average Bonchev–Trinajstić information content (AvgIpc) is 2.69. The Bertz CT molecular complexity index is 719. The fourth-order valence-electron chi connectivity index (χ4n) is 3.70. The first-order valence-electron chi connectivity index (χ1n) is 10.8. The lowest BCUT2D eigenvalue weighted by molar-refractivity contribution is 0.0566. The van der Waals surface area contributed by atoms with Crippen LogP contribution in [0.25, 0.3) is 12.2 Å². The summed E-state index contributed by atoms with van der Waals surface area (Å²) in [6.45, 7) is 16.8. The van der Waals surface area contributed by atoms with Gasteiger partial charge >= 0.3 is 0 Å². The van der Waals surface area contributed by atoms with Crippen LogP contribution < -0.4 is 10.1 Å². The van der Waals surface area contributed by atoms with Crippen LogP contribution in [0.5, 0.6) is 5.75 Å². The molecule has 1 aliphatic heterocycles. The van der Waals surface area contributed by atoms with Crippen molar-refractivity contribution in [1.82, 2.24) is 15.2 Å². The fraction of sp³-hybridized carbons (Fsp3) is 0.583. The lowest BCUT2D eigenvalue weighted by Crippen LogP contribution is -2.51. The quantitative estimate of drug-likeness (QED) is 0.649. The third kappa shape index (κ3) is 6.17. The Morgan fingerprint density at radius 3 is 2.72 bits per heavy atom. The maximum atomic E-state index is 13.5. The summed E-state index contributed by atoms with van der Waals surface area (Å²) in [4.78, 5) is 20.1. The number of amides is 1. The van der Waals surface area contributed by atoms with E-state index in [9.17, 15) is 4.79 Å². The molecule has 0 aliphatic carbocycles. The van der Waals surface area contributed by atoms with Crippen molar-refractivity contribution in [3.8, 4) is 5.75 Å². The average molecular weight is 400 g/mol. The van der Waals surface area contributed by atoms with Gasteiger partial charge in [0.2, 0.25) is 0 Å². The molecular formula is C24H37N3O2. The number of hydrogen-bond acceptors (Lipinski definition) is 4. The van der Waals surface area contributed by atoms with E-state index in [2.05, 4.69) is 44.6 Å². The van der Waals surface area contributed by atoms with E-state index in [0.29, 0.717) is 29.7 Å². The number of aromatic nitrogens is 1. The van der Waals surface area contributed by atoms with Crippen LogP contribution in [-0.4, -0.2) is 47.6 Å². The SMILES string of the molecule is C=Cc1nc(C(=O)N(C(C)C)[C@@H]2CCCNC2)cc(OCCC(C)C)c1/C=C\C. The fourth-order valence-corrected chi connectivity index (χ4v) is 3.70. The minimum absolute atomic E-state index is 0.0439. The third-order valence-electron chi connectivity index (χ3n) is 5.20. The number of allylic oxidation sites excluding steroid dienone is 1. The van der Waals surface area contributed by atoms with Gasteiger partial charge in [-0.05, 0) is 58.6 Å². The summed E-state index contributed by atoms with van der Waals surface area (Å²) in [5.74, 6) is 1.21. The first-order chi connectivity index (χ1) is 13.9. The molecule has 2 heterocycles. The molecule has 160 valence electrons. The molecule has 0 unspecified atom stereocenters. The predicted octanol–water partition coefficient (Wildman–Crippen LogP) is 4.79. The molecule has 0 radical (unpaired) electrons. The molecule has 1 fully saturated rings. The molecule has 1 atom stereocenters. The lowest BCUT2D eigenvalue weighted by Gasteiger charge is -2.37. The van der Waals surface area contributed by atoms with Crippen molar-refractivity contribution >= 4 is 18.1 Å². The molecule has 0 spiro atoms. The van der Waals surface area contributed by atoms with Gasteiger partial charge in [0, 0.05) is 30.3 Å². The molecule has 5 nitrogen and oxygen atoms in total. The second-order valence-corrected chi connectivity index (χ2v) is 8.35. The van der Waals surface area contributed by atoms with Gasteiger partial charge < -0.3 is 15.0 Å². The minimum atomic E-state index is -0.0439. The number of ether oxygens (including phenoxy) is 1. The molecule has 1 aromatic rings. The Balaban J connectivity index is 2.41. The predicted molar refractivity (Wildman–Crippen MR) is 121 cm³/mol. The largest absolute Gasteiger partial charge is 0.493 e. The summed E-state index contributed by atoms with van der Waals surface area (Å²) < 4.78 is 6.10. The lowest BCUT2D eigenvalue weighted by atomic mass is 10.0. The smallest absolute Gasteiger partial charge is 0.273 e. The van der Waals surface area contributed by atoms with Crippen LogP contribution in [0.15, 0.2) is 18.7 Å². The number of nitrogens with zero attached hydrogens (tertiary/aromatic N) is 2. The summed E-state index contributed by atoms with van der Waals surface area (Å²) in [5, 5.41) is 3.41. The first kappa shape index (κ1) is 23.1. The van der Waals surface area contributed by atoms with Crippen molar-refractivity contribution in [3.05, 3.63) is 35.7 Å². The summed E-state index contributed by atoms with van der Waals surface area (Å²) in [6, 6.07) is 2.09. The van der Waals surface area contributed by atoms with Gasteiger partial charge in [0.25, 0.3) is 5.91 Å². The number of carbonyl (C=O) groups is 1. The van der Waals surface area contributed by atoms with Crippen LogP contribution in [0.2, 0.25) is 0 Å². The molecule has 1 N–H and O–H groups in total. The van der Waals surface area contributed by atoms with E-state index in [4.69, 9.17) is 4.74 Å². The highest BCUT2D eigenvalue weighted by atomic mass is 16.5. The highest BCUT2D eigenvalue weighted by molar-refractivity contribution is 5.94. The molecule has 29 heavy (non-hydrogen) atoms. The van der Waals surface area contributed by atoms with E-state index in [1.807, 2.05) is 24.0 Å². The maximum Gasteiger partial charge on any atom is 0.273 e. The normalized spacial score (nSPS) is 17.1. The highest BCUT2D eigenvalue weighted by Gasteiger charge is 2.30. The van der Waals surface area contributed by atoms with Gasteiger partial charge in [-0.15, -0.1) is 0 Å². The van der Waals surface area contributed by atoms with E-state index in [1.165, 1.54) is 0 Å². The zero-order valence-electron chi connectivity index (χ0n) is 18.7. The molecule has 5 heteroatoms. The standard InChI is InChI=1S/C24H37N3O2/c1-7-10-20-21(8-2)26-22(15-23(20)29-14-12-17(3)4)24(28)27(18(5)6)19-11-9-13-25-16-19/h7-8,10,15,17-19,25H,2,9,11-14,16H2,1,3-6H3/b10-7-/t19-/m1/s1. The zero-order chi connectivity index (χ0) is 21.4. The number of carbonyl (C=O) groups excluding carboxylic acids is 1. The van der Waals surface area contributed by atoms with Gasteiger partial charge in [-0.2, -0.15) is 0 Å². The molecule has 0 bridgehead atoms. The molecule has 0 saturated carbocycles. The number of nitrogens with one attached hydrogen (secondary N) is 1. The van der Waals surface area contributed by atoms with Crippen molar-refractivity contribution < 1.29 is 9.53 Å². The van der Waals surface area contributed by atoms with E-state index in [-0.39, 0.29) is 18.0 Å². The number of hydrogen-bond donors (Lipinski definition) is 1. The van der Waals surface area contributed by atoms with E-state index in [0.717, 1.165) is 37.9 Å². The van der Waals surface area contributed by atoms with Crippen molar-refractivity contribution in [2.45, 2.75) is 66.0 Å². The Morgan fingerprint density at radius 2 is 2.17 bits per heavy atom. The van der Waals surface area contributed by atoms with E-state index < -0.39 is 0 Å². The molecule has 1 saturated heterocycles. The number of rotatable bonds is 9. The van der Waals surface area contributed by atoms with Crippen LogP contribution in [0.3, 0.4) is 0 Å². The maximum absolute atomic E-state index is 13.5. The van der Waals surface area contributed by atoms with Crippen LogP contribution in [0.4, 0.5) is 0 Å². The first-order valence-corrected chi connectivity index (χ1v) is 10.8. The summed E-state index contributed by atoms with van der Waals surface area (Å²) in [5.41, 5.74) is 1.98. The van der Waals surface area contributed by atoms with Gasteiger partial charge in [0.15, 0.2) is 0 Å². The number of pyridine rings is 1. The van der Waals surface area contributed by atoms with Crippen LogP contribution >= 0.6 is 0 Å². The van der Waals surface area contributed by atoms with Crippen molar-refractivity contribution in [1.29, 1.82) is 0 Å².